The predicted octanol–water partition coefficient (Wildman–Crippen LogP) is 4.03. The minimum absolute atomic E-state index is 0.116. The van der Waals surface area contributed by atoms with E-state index >= 15 is 0 Å². The highest BCUT2D eigenvalue weighted by atomic mass is 19.4. The van der Waals surface area contributed by atoms with Gasteiger partial charge in [-0.15, -0.1) is 0 Å². The Hall–Kier alpha value is -2.90. The van der Waals surface area contributed by atoms with E-state index in [2.05, 4.69) is 5.32 Å². The molecule has 0 spiro atoms. The number of carbonyl (C=O) groups is 2. The van der Waals surface area contributed by atoms with E-state index in [0.717, 1.165) is 36.4 Å². The van der Waals surface area contributed by atoms with Gasteiger partial charge in [-0.25, -0.2) is 9.18 Å². The van der Waals surface area contributed by atoms with Crippen LogP contribution in [0.3, 0.4) is 0 Å². The lowest BCUT2D eigenvalue weighted by Crippen LogP contribution is -2.30. The van der Waals surface area contributed by atoms with Crippen LogP contribution in [0.25, 0.3) is 0 Å². The number of alkyl halides is 3. The van der Waals surface area contributed by atoms with Gasteiger partial charge in [-0.2, -0.15) is 13.2 Å². The number of carbonyl (C=O) groups excluding carboxylic acids is 2. The number of rotatable bonds is 4. The maximum atomic E-state index is 12.8. The fourth-order valence-corrected chi connectivity index (χ4v) is 1.85. The largest absolute Gasteiger partial charge is 0.449 e. The second kappa shape index (κ2) is 7.33. The minimum Gasteiger partial charge on any atom is -0.449 e. The lowest BCUT2D eigenvalue weighted by molar-refractivity contribution is -0.137. The lowest BCUT2D eigenvalue weighted by atomic mass is 10.1. The molecule has 0 aliphatic heterocycles. The molecule has 0 radical (unpaired) electrons. The van der Waals surface area contributed by atoms with Crippen molar-refractivity contribution in [3.8, 4) is 0 Å². The third kappa shape index (κ3) is 5.03. The number of nitrogens with one attached hydrogen (secondary N) is 1. The molecule has 132 valence electrons. The van der Waals surface area contributed by atoms with Gasteiger partial charge in [0.1, 0.15) is 5.82 Å². The van der Waals surface area contributed by atoms with Crippen molar-refractivity contribution in [1.29, 1.82) is 0 Å². The first-order valence-corrected chi connectivity index (χ1v) is 7.11. The van der Waals surface area contributed by atoms with Crippen LogP contribution in [-0.2, 0) is 15.7 Å². The summed E-state index contributed by atoms with van der Waals surface area (Å²) in [5.74, 6) is -2.07. The Morgan fingerprint density at radius 1 is 1.00 bits per heavy atom. The number of esters is 1. The molecule has 0 aliphatic carbocycles. The summed E-state index contributed by atoms with van der Waals surface area (Å²) >= 11 is 0. The highest BCUT2D eigenvalue weighted by molar-refractivity contribution is 5.97. The van der Waals surface area contributed by atoms with Gasteiger partial charge < -0.3 is 10.1 Å². The zero-order valence-electron chi connectivity index (χ0n) is 12.9. The van der Waals surface area contributed by atoms with Crippen LogP contribution in [0.1, 0.15) is 22.8 Å². The summed E-state index contributed by atoms with van der Waals surface area (Å²) in [6, 6.07) is 8.39. The molecule has 8 heteroatoms. The Morgan fingerprint density at radius 2 is 1.56 bits per heavy atom. The van der Waals surface area contributed by atoms with Crippen molar-refractivity contribution in [1.82, 2.24) is 0 Å². The molecule has 1 amide bonds. The highest BCUT2D eigenvalue weighted by Gasteiger charge is 2.30. The average molecular weight is 355 g/mol. The number of benzene rings is 2. The van der Waals surface area contributed by atoms with Gasteiger partial charge in [0, 0.05) is 5.69 Å². The van der Waals surface area contributed by atoms with Crippen LogP contribution in [0.4, 0.5) is 23.2 Å². The molecule has 25 heavy (non-hydrogen) atoms. The number of hydrogen-bond acceptors (Lipinski definition) is 3. The molecule has 0 aliphatic rings. The molecule has 2 aromatic carbocycles. The van der Waals surface area contributed by atoms with E-state index in [1.165, 1.54) is 19.1 Å². The fourth-order valence-electron chi connectivity index (χ4n) is 1.85. The van der Waals surface area contributed by atoms with Gasteiger partial charge >= 0.3 is 12.1 Å². The third-order valence-electron chi connectivity index (χ3n) is 3.21. The molecule has 1 atom stereocenters. The molecule has 2 aromatic rings. The summed E-state index contributed by atoms with van der Waals surface area (Å²) < 4.78 is 55.1. The highest BCUT2D eigenvalue weighted by Crippen LogP contribution is 2.29. The Kier molecular flexibility index (Phi) is 5.41. The Bertz CT molecular complexity index is 755. The second-order valence-electron chi connectivity index (χ2n) is 5.12. The van der Waals surface area contributed by atoms with Gasteiger partial charge in [0.05, 0.1) is 11.1 Å². The molecule has 0 heterocycles. The summed E-state index contributed by atoms with van der Waals surface area (Å²) in [6.07, 6.45) is -5.70. The molecule has 1 N–H and O–H groups in total. The van der Waals surface area contributed by atoms with E-state index < -0.39 is 35.5 Å². The van der Waals surface area contributed by atoms with Crippen molar-refractivity contribution in [2.45, 2.75) is 19.2 Å². The van der Waals surface area contributed by atoms with E-state index in [1.807, 2.05) is 0 Å². The first-order valence-electron chi connectivity index (χ1n) is 7.11. The normalized spacial score (nSPS) is 12.4. The van der Waals surface area contributed by atoms with Crippen molar-refractivity contribution in [3.05, 3.63) is 65.5 Å². The molecule has 0 bridgehead atoms. The van der Waals surface area contributed by atoms with Crippen molar-refractivity contribution >= 4 is 17.6 Å². The predicted molar refractivity (Wildman–Crippen MR) is 81.4 cm³/mol. The van der Waals surface area contributed by atoms with Gasteiger partial charge in [0.25, 0.3) is 5.91 Å². The second-order valence-corrected chi connectivity index (χ2v) is 5.12. The number of ether oxygens (including phenoxy) is 1. The van der Waals surface area contributed by atoms with E-state index in [4.69, 9.17) is 4.74 Å². The minimum atomic E-state index is -4.51. The van der Waals surface area contributed by atoms with Crippen LogP contribution in [0, 0.1) is 5.82 Å². The average Bonchev–Trinajstić information content (AvgIpc) is 2.56. The number of amides is 1. The smallest absolute Gasteiger partial charge is 0.416 e. The number of anilines is 1. The molecular formula is C17H13F4NO3. The third-order valence-corrected chi connectivity index (χ3v) is 3.21. The van der Waals surface area contributed by atoms with E-state index in [9.17, 15) is 27.2 Å². The van der Waals surface area contributed by atoms with Crippen LogP contribution in [-0.4, -0.2) is 18.0 Å². The Morgan fingerprint density at radius 3 is 2.08 bits per heavy atom. The van der Waals surface area contributed by atoms with Gasteiger partial charge in [-0.05, 0) is 55.5 Å². The number of halogens is 4. The Labute approximate surface area is 140 Å². The van der Waals surface area contributed by atoms with Gasteiger partial charge in [0.15, 0.2) is 6.10 Å². The van der Waals surface area contributed by atoms with Crippen LogP contribution in [0.2, 0.25) is 0 Å². The van der Waals surface area contributed by atoms with Crippen LogP contribution in [0.5, 0.6) is 0 Å². The summed E-state index contributed by atoms with van der Waals surface area (Å²) in [5.41, 5.74) is -0.704. The molecule has 0 saturated carbocycles. The van der Waals surface area contributed by atoms with Crippen molar-refractivity contribution in [3.63, 3.8) is 0 Å². The topological polar surface area (TPSA) is 55.4 Å². The first-order chi connectivity index (χ1) is 11.7. The fraction of sp³-hybridized carbons (Fsp3) is 0.176. The molecule has 0 aromatic heterocycles. The van der Waals surface area contributed by atoms with E-state index in [0.29, 0.717) is 5.69 Å². The standard InChI is InChI=1S/C17H13F4NO3/c1-10(15(23)22-14-8-6-13(18)7-9-14)25-16(24)11-2-4-12(5-3-11)17(19,20)21/h2-10H,1H3,(H,22,23)/t10-/m0/s1. The Balaban J connectivity index is 1.97. The first kappa shape index (κ1) is 18.4. The van der Waals surface area contributed by atoms with Gasteiger partial charge in [0.2, 0.25) is 0 Å². The molecule has 4 nitrogen and oxygen atoms in total. The van der Waals surface area contributed by atoms with Crippen LogP contribution in [0.15, 0.2) is 48.5 Å². The lowest BCUT2D eigenvalue weighted by Gasteiger charge is -2.14. The summed E-state index contributed by atoms with van der Waals surface area (Å²) in [6.45, 7) is 1.31. The molecule has 0 saturated heterocycles. The molecular weight excluding hydrogens is 342 g/mol. The van der Waals surface area contributed by atoms with Gasteiger partial charge in [-0.3, -0.25) is 4.79 Å². The quantitative estimate of drug-likeness (QED) is 0.666. The van der Waals surface area contributed by atoms with Gasteiger partial charge in [-0.1, -0.05) is 0 Å². The van der Waals surface area contributed by atoms with E-state index in [1.54, 1.807) is 0 Å². The van der Waals surface area contributed by atoms with Crippen molar-refractivity contribution < 1.29 is 31.9 Å². The van der Waals surface area contributed by atoms with Crippen molar-refractivity contribution in [2.24, 2.45) is 0 Å². The summed E-state index contributed by atoms with van der Waals surface area (Å²) in [4.78, 5) is 23.8. The SMILES string of the molecule is C[C@H](OC(=O)c1ccc(C(F)(F)F)cc1)C(=O)Nc1ccc(F)cc1. The summed E-state index contributed by atoms with van der Waals surface area (Å²) in [5, 5.41) is 2.42. The van der Waals surface area contributed by atoms with Crippen molar-refractivity contribution in [2.75, 3.05) is 5.32 Å². The molecule has 0 fully saturated rings. The zero-order chi connectivity index (χ0) is 18.6. The van der Waals surface area contributed by atoms with Crippen LogP contribution < -0.4 is 5.32 Å². The maximum Gasteiger partial charge on any atom is 0.416 e. The molecule has 2 rings (SSSR count). The zero-order valence-corrected chi connectivity index (χ0v) is 12.9. The monoisotopic (exact) mass is 355 g/mol. The maximum absolute atomic E-state index is 12.8. The van der Waals surface area contributed by atoms with E-state index in [-0.39, 0.29) is 5.56 Å². The van der Waals surface area contributed by atoms with Crippen LogP contribution >= 0.6 is 0 Å². The molecule has 0 unspecified atom stereocenters. The summed E-state index contributed by atoms with van der Waals surface area (Å²) in [7, 11) is 0. The number of hydrogen-bond donors (Lipinski definition) is 1.